The molecule has 0 radical (unpaired) electrons. The molecule has 0 saturated carbocycles. The van der Waals surface area contributed by atoms with Crippen LogP contribution in [0.25, 0.3) is 0 Å². The van der Waals surface area contributed by atoms with Gasteiger partial charge in [-0.05, 0) is 28.7 Å². The van der Waals surface area contributed by atoms with Crippen LogP contribution in [-0.2, 0) is 4.79 Å². The highest BCUT2D eigenvalue weighted by Crippen LogP contribution is 2.35. The Bertz CT molecular complexity index is 419. The standard InChI is InChI=1S/C13H24N4O2/c1-6-9(7-2)12-14-15-16-17(12)10(8-11(18)19)13(3,4)5/h9-10H,6-8H2,1-5H3,(H,18,19). The lowest BCUT2D eigenvalue weighted by Gasteiger charge is -2.30. The van der Waals surface area contributed by atoms with Gasteiger partial charge in [0.15, 0.2) is 5.82 Å². The highest BCUT2D eigenvalue weighted by molar-refractivity contribution is 5.67. The SMILES string of the molecule is CCC(CC)c1nnnn1C(CC(=O)O)C(C)(C)C. The summed E-state index contributed by atoms with van der Waals surface area (Å²) in [5.74, 6) is 0.241. The Morgan fingerprint density at radius 3 is 2.32 bits per heavy atom. The molecule has 6 nitrogen and oxygen atoms in total. The third kappa shape index (κ3) is 3.75. The molecule has 0 aromatic carbocycles. The van der Waals surface area contributed by atoms with Gasteiger partial charge in [0.05, 0.1) is 12.5 Å². The molecule has 0 spiro atoms. The maximum atomic E-state index is 11.1. The van der Waals surface area contributed by atoms with Crippen molar-refractivity contribution in [2.45, 2.75) is 65.8 Å². The normalized spacial score (nSPS) is 13.8. The molecule has 6 heteroatoms. The Kier molecular flexibility index (Phi) is 5.03. The molecule has 1 rings (SSSR count). The minimum Gasteiger partial charge on any atom is -0.481 e. The zero-order chi connectivity index (χ0) is 14.6. The summed E-state index contributed by atoms with van der Waals surface area (Å²) in [4.78, 5) is 11.1. The van der Waals surface area contributed by atoms with Gasteiger partial charge in [0.2, 0.25) is 0 Å². The van der Waals surface area contributed by atoms with E-state index < -0.39 is 5.97 Å². The third-order valence-corrected chi connectivity index (χ3v) is 3.53. The fraction of sp³-hybridized carbons (Fsp3) is 0.846. The van der Waals surface area contributed by atoms with Crippen LogP contribution in [0.5, 0.6) is 0 Å². The van der Waals surface area contributed by atoms with Crippen molar-refractivity contribution < 1.29 is 9.90 Å². The monoisotopic (exact) mass is 268 g/mol. The smallest absolute Gasteiger partial charge is 0.305 e. The van der Waals surface area contributed by atoms with Crippen molar-refractivity contribution in [2.75, 3.05) is 0 Å². The van der Waals surface area contributed by atoms with Crippen LogP contribution >= 0.6 is 0 Å². The van der Waals surface area contributed by atoms with Crippen LogP contribution in [0.15, 0.2) is 0 Å². The first kappa shape index (κ1) is 15.6. The zero-order valence-corrected chi connectivity index (χ0v) is 12.4. The average molecular weight is 268 g/mol. The second-order valence-electron chi connectivity index (χ2n) is 5.97. The molecule has 19 heavy (non-hydrogen) atoms. The molecule has 0 amide bonds. The fourth-order valence-corrected chi connectivity index (χ4v) is 2.27. The van der Waals surface area contributed by atoms with Crippen molar-refractivity contribution in [3.63, 3.8) is 0 Å². The van der Waals surface area contributed by atoms with Crippen molar-refractivity contribution >= 4 is 5.97 Å². The Morgan fingerprint density at radius 1 is 1.32 bits per heavy atom. The van der Waals surface area contributed by atoms with Crippen molar-refractivity contribution in [3.8, 4) is 0 Å². The molecular formula is C13H24N4O2. The molecule has 0 aliphatic rings. The number of carbonyl (C=O) groups is 1. The van der Waals surface area contributed by atoms with Crippen LogP contribution < -0.4 is 0 Å². The highest BCUT2D eigenvalue weighted by Gasteiger charge is 2.32. The summed E-state index contributed by atoms with van der Waals surface area (Å²) in [6, 6.07) is -0.240. The molecule has 108 valence electrons. The molecule has 1 atom stereocenters. The summed E-state index contributed by atoms with van der Waals surface area (Å²) in [7, 11) is 0. The highest BCUT2D eigenvalue weighted by atomic mass is 16.4. The first-order chi connectivity index (χ1) is 8.81. The molecule has 0 aliphatic carbocycles. The van der Waals surface area contributed by atoms with Gasteiger partial charge in [0, 0.05) is 5.92 Å². The van der Waals surface area contributed by atoms with Gasteiger partial charge in [-0.1, -0.05) is 34.6 Å². The summed E-state index contributed by atoms with van der Waals surface area (Å²) in [6.07, 6.45) is 1.92. The van der Waals surface area contributed by atoms with Crippen LogP contribution in [-0.4, -0.2) is 31.3 Å². The first-order valence-electron chi connectivity index (χ1n) is 6.80. The van der Waals surface area contributed by atoms with Gasteiger partial charge in [-0.3, -0.25) is 4.79 Å². The maximum Gasteiger partial charge on any atom is 0.305 e. The van der Waals surface area contributed by atoms with E-state index in [1.165, 1.54) is 0 Å². The molecular weight excluding hydrogens is 244 g/mol. The van der Waals surface area contributed by atoms with E-state index in [4.69, 9.17) is 5.11 Å². The Morgan fingerprint density at radius 2 is 1.89 bits per heavy atom. The zero-order valence-electron chi connectivity index (χ0n) is 12.4. The second-order valence-corrected chi connectivity index (χ2v) is 5.97. The van der Waals surface area contributed by atoms with E-state index in [2.05, 4.69) is 29.4 Å². The topological polar surface area (TPSA) is 80.9 Å². The van der Waals surface area contributed by atoms with Crippen molar-refractivity contribution in [2.24, 2.45) is 5.41 Å². The average Bonchev–Trinajstić information content (AvgIpc) is 2.75. The Hall–Kier alpha value is -1.46. The van der Waals surface area contributed by atoms with Gasteiger partial charge in [-0.15, -0.1) is 5.10 Å². The summed E-state index contributed by atoms with van der Waals surface area (Å²) in [6.45, 7) is 10.2. The number of carboxylic acids is 1. The van der Waals surface area contributed by atoms with Crippen molar-refractivity contribution in [3.05, 3.63) is 5.82 Å². The van der Waals surface area contributed by atoms with Crippen molar-refractivity contribution in [1.82, 2.24) is 20.2 Å². The maximum absolute atomic E-state index is 11.1. The Balaban J connectivity index is 3.17. The largest absolute Gasteiger partial charge is 0.481 e. The molecule has 0 fully saturated rings. The molecule has 0 bridgehead atoms. The molecule has 0 saturated heterocycles. The first-order valence-corrected chi connectivity index (χ1v) is 6.80. The van der Waals surface area contributed by atoms with E-state index >= 15 is 0 Å². The Labute approximate surface area is 114 Å². The van der Waals surface area contributed by atoms with Gasteiger partial charge < -0.3 is 5.11 Å². The molecule has 1 aromatic rings. The lowest BCUT2D eigenvalue weighted by Crippen LogP contribution is -2.29. The van der Waals surface area contributed by atoms with Crippen LogP contribution in [0.2, 0.25) is 0 Å². The quantitative estimate of drug-likeness (QED) is 0.857. The van der Waals surface area contributed by atoms with Gasteiger partial charge >= 0.3 is 5.97 Å². The summed E-state index contributed by atoms with van der Waals surface area (Å²) < 4.78 is 1.71. The van der Waals surface area contributed by atoms with E-state index in [0.29, 0.717) is 0 Å². The number of tetrazole rings is 1. The van der Waals surface area contributed by atoms with E-state index in [1.807, 2.05) is 20.8 Å². The van der Waals surface area contributed by atoms with E-state index in [1.54, 1.807) is 4.68 Å². The number of hydrogen-bond acceptors (Lipinski definition) is 4. The van der Waals surface area contributed by atoms with Crippen LogP contribution in [0.3, 0.4) is 0 Å². The van der Waals surface area contributed by atoms with E-state index in [-0.39, 0.29) is 23.8 Å². The summed E-state index contributed by atoms with van der Waals surface area (Å²) in [5.41, 5.74) is -0.214. The van der Waals surface area contributed by atoms with Crippen LogP contribution in [0.1, 0.15) is 71.7 Å². The number of nitrogens with zero attached hydrogens (tertiary/aromatic N) is 4. The summed E-state index contributed by atoms with van der Waals surface area (Å²) >= 11 is 0. The molecule has 1 heterocycles. The molecule has 1 unspecified atom stereocenters. The van der Waals surface area contributed by atoms with Crippen LogP contribution in [0, 0.1) is 5.41 Å². The second kappa shape index (κ2) is 6.12. The molecule has 1 aromatic heterocycles. The fourth-order valence-electron chi connectivity index (χ4n) is 2.27. The van der Waals surface area contributed by atoms with Crippen LogP contribution in [0.4, 0.5) is 0 Å². The number of hydrogen-bond donors (Lipinski definition) is 1. The number of carboxylic acid groups (broad SMARTS) is 1. The number of rotatable bonds is 6. The summed E-state index contributed by atoms with van der Waals surface area (Å²) in [5, 5.41) is 21.0. The minimum absolute atomic E-state index is 0.0295. The van der Waals surface area contributed by atoms with Gasteiger partial charge in [0.25, 0.3) is 0 Å². The number of aliphatic carboxylic acids is 1. The van der Waals surface area contributed by atoms with Gasteiger partial charge in [-0.2, -0.15) is 0 Å². The van der Waals surface area contributed by atoms with E-state index in [9.17, 15) is 4.79 Å². The van der Waals surface area contributed by atoms with Gasteiger partial charge in [-0.25, -0.2) is 4.68 Å². The minimum atomic E-state index is -0.828. The predicted molar refractivity (Wildman–Crippen MR) is 71.9 cm³/mol. The number of aromatic nitrogens is 4. The predicted octanol–water partition coefficient (Wildman–Crippen LogP) is 2.64. The van der Waals surface area contributed by atoms with Gasteiger partial charge in [0.1, 0.15) is 0 Å². The lowest BCUT2D eigenvalue weighted by molar-refractivity contribution is -0.138. The van der Waals surface area contributed by atoms with Crippen molar-refractivity contribution in [1.29, 1.82) is 0 Å². The lowest BCUT2D eigenvalue weighted by atomic mass is 9.84. The molecule has 0 aliphatic heterocycles. The third-order valence-electron chi connectivity index (χ3n) is 3.53. The van der Waals surface area contributed by atoms with E-state index in [0.717, 1.165) is 18.7 Å². The molecule has 1 N–H and O–H groups in total.